The van der Waals surface area contributed by atoms with Crippen molar-refractivity contribution in [2.24, 2.45) is 0 Å². The molecule has 4 aromatic rings. The number of carbonyl (C=O) groups excluding carboxylic acids is 1. The molecule has 0 aliphatic heterocycles. The number of aryl methyl sites for hydroxylation is 1. The number of imidazole rings is 1. The number of nitrogens with zero attached hydrogens (tertiary/aromatic N) is 2. The maximum absolute atomic E-state index is 12.5. The summed E-state index contributed by atoms with van der Waals surface area (Å²) in [5, 5.41) is 3.42. The molecule has 0 aliphatic carbocycles. The molecule has 0 spiro atoms. The van der Waals surface area contributed by atoms with Gasteiger partial charge in [0.2, 0.25) is 0 Å². The van der Waals surface area contributed by atoms with E-state index in [1.807, 2.05) is 30.3 Å². The van der Waals surface area contributed by atoms with E-state index in [2.05, 4.69) is 61.0 Å². The molecule has 1 aromatic heterocycles. The molecule has 0 fully saturated rings. The maximum Gasteiger partial charge on any atom is 0.252 e. The number of carbonyl (C=O) groups is 1. The van der Waals surface area contributed by atoms with E-state index in [0.29, 0.717) is 30.2 Å². The second-order valence-corrected chi connectivity index (χ2v) is 10.4. The normalized spacial score (nSPS) is 11.6. The Morgan fingerprint density at radius 2 is 1.69 bits per heavy atom. The van der Waals surface area contributed by atoms with Crippen molar-refractivity contribution in [1.82, 2.24) is 14.9 Å². The predicted molar refractivity (Wildman–Crippen MR) is 147 cm³/mol. The van der Waals surface area contributed by atoms with Crippen molar-refractivity contribution < 1.29 is 9.53 Å². The fourth-order valence-corrected chi connectivity index (χ4v) is 4.43. The summed E-state index contributed by atoms with van der Waals surface area (Å²) in [6.07, 6.45) is 2.55. The first-order valence-corrected chi connectivity index (χ1v) is 12.9. The summed E-state index contributed by atoms with van der Waals surface area (Å²) in [4.78, 5) is 17.3. The van der Waals surface area contributed by atoms with Crippen LogP contribution in [0.25, 0.3) is 11.0 Å². The molecular weight excluding hydrogens is 470 g/mol. The van der Waals surface area contributed by atoms with Gasteiger partial charge in [0.15, 0.2) is 0 Å². The minimum Gasteiger partial charge on any atom is -0.494 e. The fourth-order valence-electron chi connectivity index (χ4n) is 4.21. The Kier molecular flexibility index (Phi) is 8.32. The molecule has 188 valence electrons. The first-order valence-electron chi connectivity index (χ1n) is 12.5. The van der Waals surface area contributed by atoms with Crippen LogP contribution in [0.5, 0.6) is 5.75 Å². The van der Waals surface area contributed by atoms with Crippen LogP contribution in [-0.4, -0.2) is 28.6 Å². The van der Waals surface area contributed by atoms with Crippen LogP contribution >= 0.6 is 11.6 Å². The van der Waals surface area contributed by atoms with E-state index >= 15 is 0 Å². The van der Waals surface area contributed by atoms with E-state index in [1.165, 1.54) is 5.56 Å². The summed E-state index contributed by atoms with van der Waals surface area (Å²) < 4.78 is 8.23. The molecule has 0 saturated heterocycles. The van der Waals surface area contributed by atoms with Gasteiger partial charge in [-0.05, 0) is 60.2 Å². The molecule has 0 atom stereocenters. The molecule has 36 heavy (non-hydrogen) atoms. The minimum absolute atomic E-state index is 0.140. The molecule has 1 N–H and O–H groups in total. The van der Waals surface area contributed by atoms with Gasteiger partial charge in [-0.1, -0.05) is 68.8 Å². The summed E-state index contributed by atoms with van der Waals surface area (Å²) in [7, 11) is 0. The first kappa shape index (κ1) is 25.8. The highest BCUT2D eigenvalue weighted by Crippen LogP contribution is 2.24. The zero-order chi connectivity index (χ0) is 25.5. The largest absolute Gasteiger partial charge is 0.494 e. The van der Waals surface area contributed by atoms with Gasteiger partial charge in [0.05, 0.1) is 28.2 Å². The molecule has 3 aromatic carbocycles. The van der Waals surface area contributed by atoms with Crippen molar-refractivity contribution in [3.8, 4) is 5.75 Å². The molecular formula is C30H34ClN3O2. The van der Waals surface area contributed by atoms with E-state index in [9.17, 15) is 4.79 Å². The van der Waals surface area contributed by atoms with Gasteiger partial charge in [-0.25, -0.2) is 4.98 Å². The van der Waals surface area contributed by atoms with Crippen molar-refractivity contribution in [2.45, 2.75) is 52.0 Å². The molecule has 4 rings (SSSR count). The van der Waals surface area contributed by atoms with E-state index < -0.39 is 0 Å². The number of amides is 1. The number of hydrogen-bond donors (Lipinski definition) is 1. The van der Waals surface area contributed by atoms with Gasteiger partial charge in [0, 0.05) is 19.5 Å². The zero-order valence-corrected chi connectivity index (χ0v) is 22.0. The Morgan fingerprint density at radius 3 is 2.44 bits per heavy atom. The van der Waals surface area contributed by atoms with Crippen LogP contribution in [0.2, 0.25) is 5.02 Å². The number of halogens is 1. The second-order valence-electron chi connectivity index (χ2n) is 9.98. The number of benzene rings is 3. The summed E-state index contributed by atoms with van der Waals surface area (Å²) in [6, 6.07) is 23.6. The van der Waals surface area contributed by atoms with Gasteiger partial charge in [0.25, 0.3) is 5.91 Å². The van der Waals surface area contributed by atoms with Gasteiger partial charge in [-0.15, -0.1) is 0 Å². The lowest BCUT2D eigenvalue weighted by atomic mass is 9.87. The third-order valence-corrected chi connectivity index (χ3v) is 6.58. The number of para-hydroxylation sites is 2. The number of unbranched alkanes of at least 4 members (excludes halogenated alkanes) is 1. The fraction of sp³-hybridized carbons (Fsp3) is 0.333. The average Bonchev–Trinajstić information content (AvgIpc) is 3.21. The van der Waals surface area contributed by atoms with Gasteiger partial charge >= 0.3 is 0 Å². The topological polar surface area (TPSA) is 56.1 Å². The highest BCUT2D eigenvalue weighted by molar-refractivity contribution is 6.33. The van der Waals surface area contributed by atoms with E-state index in [1.54, 1.807) is 12.1 Å². The molecule has 0 bridgehead atoms. The third-order valence-electron chi connectivity index (χ3n) is 6.25. The van der Waals surface area contributed by atoms with Crippen molar-refractivity contribution in [3.63, 3.8) is 0 Å². The average molecular weight is 504 g/mol. The van der Waals surface area contributed by atoms with E-state index in [4.69, 9.17) is 21.3 Å². The van der Waals surface area contributed by atoms with Gasteiger partial charge < -0.3 is 14.6 Å². The number of hydrogen-bond acceptors (Lipinski definition) is 3. The summed E-state index contributed by atoms with van der Waals surface area (Å²) in [5.41, 5.74) is 4.02. The number of aromatic nitrogens is 2. The van der Waals surface area contributed by atoms with Crippen LogP contribution in [0.4, 0.5) is 0 Å². The third kappa shape index (κ3) is 6.46. The summed E-state index contributed by atoms with van der Waals surface area (Å²) in [5.74, 6) is 1.70. The lowest BCUT2D eigenvalue weighted by molar-refractivity contribution is 0.0954. The molecule has 0 unspecified atom stereocenters. The zero-order valence-electron chi connectivity index (χ0n) is 21.3. The Morgan fingerprint density at radius 1 is 0.972 bits per heavy atom. The number of rotatable bonds is 10. The van der Waals surface area contributed by atoms with E-state index in [-0.39, 0.29) is 11.3 Å². The van der Waals surface area contributed by atoms with Gasteiger partial charge in [-0.3, -0.25) is 4.79 Å². The Labute approximate surface area is 218 Å². The van der Waals surface area contributed by atoms with Gasteiger partial charge in [-0.2, -0.15) is 0 Å². The first-order chi connectivity index (χ1) is 17.3. The molecule has 0 saturated carbocycles. The molecule has 0 radical (unpaired) electrons. The van der Waals surface area contributed by atoms with Crippen LogP contribution in [0.1, 0.15) is 55.4 Å². The Hall–Kier alpha value is -3.31. The number of ether oxygens (including phenoxy) is 1. The molecule has 1 heterocycles. The van der Waals surface area contributed by atoms with Gasteiger partial charge in [0.1, 0.15) is 11.6 Å². The summed E-state index contributed by atoms with van der Waals surface area (Å²) in [6.45, 7) is 8.64. The standard InChI is InChI=1S/C30H34ClN3O2/c1-30(2,3)22-14-16-23(17-15-22)36-21-9-8-20-34-27-13-7-6-12-26(27)33-28(34)18-19-32-29(35)24-10-4-5-11-25(24)31/h4-7,10-17H,8-9,18-21H2,1-3H3,(H,32,35). The minimum atomic E-state index is -0.170. The predicted octanol–water partition coefficient (Wildman–Crippen LogP) is 6.82. The van der Waals surface area contributed by atoms with Crippen molar-refractivity contribution in [3.05, 3.63) is 94.8 Å². The molecule has 6 heteroatoms. The Balaban J connectivity index is 1.31. The molecule has 1 amide bonds. The van der Waals surface area contributed by atoms with Crippen molar-refractivity contribution in [2.75, 3.05) is 13.2 Å². The van der Waals surface area contributed by atoms with Crippen LogP contribution in [0.3, 0.4) is 0 Å². The smallest absolute Gasteiger partial charge is 0.252 e. The van der Waals surface area contributed by atoms with Crippen molar-refractivity contribution in [1.29, 1.82) is 0 Å². The quantitative estimate of drug-likeness (QED) is 0.241. The van der Waals surface area contributed by atoms with Crippen LogP contribution in [-0.2, 0) is 18.4 Å². The SMILES string of the molecule is CC(C)(C)c1ccc(OCCCCn2c(CCNC(=O)c3ccccc3Cl)nc3ccccc32)cc1. The van der Waals surface area contributed by atoms with Crippen LogP contribution in [0, 0.1) is 0 Å². The summed E-state index contributed by atoms with van der Waals surface area (Å²) >= 11 is 6.15. The second kappa shape index (κ2) is 11.6. The molecule has 0 aliphatic rings. The lowest BCUT2D eigenvalue weighted by Gasteiger charge is -2.19. The number of fused-ring (bicyclic) bond motifs is 1. The molecule has 5 nitrogen and oxygen atoms in total. The lowest BCUT2D eigenvalue weighted by Crippen LogP contribution is -2.26. The van der Waals surface area contributed by atoms with Crippen LogP contribution in [0.15, 0.2) is 72.8 Å². The highest BCUT2D eigenvalue weighted by atomic mass is 35.5. The van der Waals surface area contributed by atoms with Crippen molar-refractivity contribution >= 4 is 28.5 Å². The van der Waals surface area contributed by atoms with E-state index in [0.717, 1.165) is 42.0 Å². The Bertz CT molecular complexity index is 1310. The highest BCUT2D eigenvalue weighted by Gasteiger charge is 2.14. The number of nitrogens with one attached hydrogen (secondary N) is 1. The monoisotopic (exact) mass is 503 g/mol. The van der Waals surface area contributed by atoms with Crippen LogP contribution < -0.4 is 10.1 Å². The maximum atomic E-state index is 12.5.